The minimum absolute atomic E-state index is 0.253. The van der Waals surface area contributed by atoms with Crippen LogP contribution in [-0.2, 0) is 19.1 Å². The number of amides is 1. The number of ether oxygens (including phenoxy) is 1. The van der Waals surface area contributed by atoms with E-state index in [1.54, 1.807) is 0 Å². The molecule has 0 unspecified atom stereocenters. The topological polar surface area (TPSA) is 83.9 Å². The Kier molecular flexibility index (Phi) is 3.57. The maximum absolute atomic E-state index is 11.3. The van der Waals surface area contributed by atoms with Gasteiger partial charge in [0, 0.05) is 12.7 Å². The maximum Gasteiger partial charge on any atom is 0.337 e. The van der Waals surface area contributed by atoms with Crippen molar-refractivity contribution in [3.8, 4) is 0 Å². The molecule has 0 aromatic heterocycles. The molecule has 2 atom stereocenters. The van der Waals surface area contributed by atoms with Crippen molar-refractivity contribution in [3.05, 3.63) is 0 Å². The third-order valence-electron chi connectivity index (χ3n) is 2.05. The third kappa shape index (κ3) is 2.23. The minimum atomic E-state index is -1.12. The largest absolute Gasteiger partial charge is 0.479 e. The van der Waals surface area contributed by atoms with Gasteiger partial charge >= 0.3 is 11.9 Å². The van der Waals surface area contributed by atoms with E-state index in [0.717, 1.165) is 16.7 Å². The lowest BCUT2D eigenvalue weighted by molar-refractivity contribution is -0.154. The Bertz CT molecular complexity index is 305. The van der Waals surface area contributed by atoms with Gasteiger partial charge in [0.15, 0.2) is 5.37 Å². The minimum Gasteiger partial charge on any atom is -0.479 e. The molecule has 1 fully saturated rings. The number of methoxy groups -OCH3 is 1. The van der Waals surface area contributed by atoms with Gasteiger partial charge in [-0.1, -0.05) is 0 Å². The number of hydrogen-bond donors (Lipinski definition) is 1. The van der Waals surface area contributed by atoms with E-state index >= 15 is 0 Å². The van der Waals surface area contributed by atoms with Crippen LogP contribution < -0.4 is 0 Å². The van der Waals surface area contributed by atoms with Crippen LogP contribution >= 0.6 is 11.8 Å². The molecule has 1 heterocycles. The fourth-order valence-electron chi connectivity index (χ4n) is 1.40. The van der Waals surface area contributed by atoms with E-state index < -0.39 is 29.3 Å². The SMILES string of the molecule is COC(=O)[C@@H]1CS[C@@H](C(=O)O)N1C(C)=O. The molecule has 1 N–H and O–H groups in total. The van der Waals surface area contributed by atoms with Crippen LogP contribution in [0.15, 0.2) is 0 Å². The van der Waals surface area contributed by atoms with Gasteiger partial charge in [0.2, 0.25) is 5.91 Å². The molecule has 0 aromatic carbocycles. The van der Waals surface area contributed by atoms with Gasteiger partial charge in [-0.3, -0.25) is 4.79 Å². The highest BCUT2D eigenvalue weighted by Gasteiger charge is 2.44. The summed E-state index contributed by atoms with van der Waals surface area (Å²) in [5, 5.41) is 7.84. The van der Waals surface area contributed by atoms with E-state index in [0.29, 0.717) is 0 Å². The molecule has 6 nitrogen and oxygen atoms in total. The quantitative estimate of drug-likeness (QED) is 0.649. The predicted molar refractivity (Wildman–Crippen MR) is 52.2 cm³/mol. The van der Waals surface area contributed by atoms with Crippen molar-refractivity contribution in [2.24, 2.45) is 0 Å². The van der Waals surface area contributed by atoms with Crippen LogP contribution in [0.25, 0.3) is 0 Å². The second-order valence-electron chi connectivity index (χ2n) is 2.99. The number of carbonyl (C=O) groups is 3. The summed E-state index contributed by atoms with van der Waals surface area (Å²) in [7, 11) is 1.21. The predicted octanol–water partition coefficient (Wildman–Crippen LogP) is -0.466. The molecule has 15 heavy (non-hydrogen) atoms. The number of thioether (sulfide) groups is 1. The standard InChI is InChI=1S/C8H11NO5S/c1-4(10)9-5(8(13)14-2)3-15-6(9)7(11)12/h5-6H,3H2,1-2H3,(H,11,12)/t5-,6-/m0/s1. The molecule has 1 saturated heterocycles. The Labute approximate surface area is 90.6 Å². The van der Waals surface area contributed by atoms with Crippen LogP contribution in [0.4, 0.5) is 0 Å². The van der Waals surface area contributed by atoms with Gasteiger partial charge in [-0.2, -0.15) is 0 Å². The van der Waals surface area contributed by atoms with Crippen molar-refractivity contribution >= 4 is 29.6 Å². The second-order valence-corrected chi connectivity index (χ2v) is 4.10. The monoisotopic (exact) mass is 233 g/mol. The van der Waals surface area contributed by atoms with Crippen molar-refractivity contribution in [1.29, 1.82) is 0 Å². The number of rotatable bonds is 2. The first-order chi connectivity index (χ1) is 6.99. The fourth-order valence-corrected chi connectivity index (χ4v) is 2.66. The van der Waals surface area contributed by atoms with Gasteiger partial charge in [0.1, 0.15) is 6.04 Å². The zero-order valence-electron chi connectivity index (χ0n) is 8.30. The van der Waals surface area contributed by atoms with Crippen LogP contribution in [0.1, 0.15) is 6.92 Å². The zero-order valence-corrected chi connectivity index (χ0v) is 9.11. The molecule has 1 rings (SSSR count). The normalized spacial score (nSPS) is 25.1. The summed E-state index contributed by atoms with van der Waals surface area (Å²) in [5.41, 5.74) is 0. The highest BCUT2D eigenvalue weighted by molar-refractivity contribution is 8.00. The number of carboxylic acid groups (broad SMARTS) is 1. The molecule has 0 aliphatic carbocycles. The van der Waals surface area contributed by atoms with E-state index in [1.165, 1.54) is 14.0 Å². The lowest BCUT2D eigenvalue weighted by Crippen LogP contribution is -2.47. The van der Waals surface area contributed by atoms with Crippen LogP contribution in [0.2, 0.25) is 0 Å². The Hall–Kier alpha value is -1.24. The maximum atomic E-state index is 11.3. The summed E-state index contributed by atoms with van der Waals surface area (Å²) < 4.78 is 4.50. The van der Waals surface area contributed by atoms with Crippen LogP contribution in [0.5, 0.6) is 0 Å². The first-order valence-corrected chi connectivity index (χ1v) is 5.25. The Morgan fingerprint density at radius 1 is 1.47 bits per heavy atom. The van der Waals surface area contributed by atoms with E-state index in [9.17, 15) is 14.4 Å². The summed E-state index contributed by atoms with van der Waals surface area (Å²) in [5.74, 6) is -1.89. The van der Waals surface area contributed by atoms with Gasteiger partial charge in [-0.25, -0.2) is 9.59 Å². The van der Waals surface area contributed by atoms with Gasteiger partial charge < -0.3 is 14.7 Å². The van der Waals surface area contributed by atoms with Crippen LogP contribution in [0, 0.1) is 0 Å². The first-order valence-electron chi connectivity index (χ1n) is 4.20. The summed E-state index contributed by atoms with van der Waals surface area (Å²) >= 11 is 1.04. The second kappa shape index (κ2) is 4.52. The lowest BCUT2D eigenvalue weighted by Gasteiger charge is -2.23. The molecule has 1 amide bonds. The summed E-state index contributed by atoms with van der Waals surface area (Å²) in [6, 6.07) is -0.793. The molecule has 1 aliphatic heterocycles. The van der Waals surface area contributed by atoms with E-state index in [1.807, 2.05) is 0 Å². The smallest absolute Gasteiger partial charge is 0.337 e. The van der Waals surface area contributed by atoms with Gasteiger partial charge in [-0.05, 0) is 0 Å². The first kappa shape index (κ1) is 11.8. The van der Waals surface area contributed by atoms with Crippen molar-refractivity contribution in [2.75, 3.05) is 12.9 Å². The third-order valence-corrected chi connectivity index (χ3v) is 3.30. The number of aliphatic carboxylic acids is 1. The van der Waals surface area contributed by atoms with Gasteiger partial charge in [-0.15, -0.1) is 11.8 Å². The molecular weight excluding hydrogens is 222 g/mol. The summed E-state index contributed by atoms with van der Waals surface area (Å²) in [6.07, 6.45) is 0. The molecule has 7 heteroatoms. The Morgan fingerprint density at radius 3 is 2.47 bits per heavy atom. The van der Waals surface area contributed by atoms with Crippen molar-refractivity contribution in [2.45, 2.75) is 18.3 Å². The molecular formula is C8H11NO5S. The average molecular weight is 233 g/mol. The van der Waals surface area contributed by atoms with Crippen LogP contribution in [-0.4, -0.2) is 52.1 Å². The van der Waals surface area contributed by atoms with Crippen molar-refractivity contribution in [3.63, 3.8) is 0 Å². The molecule has 0 spiro atoms. The highest BCUT2D eigenvalue weighted by atomic mass is 32.2. The zero-order chi connectivity index (χ0) is 11.6. The summed E-state index contributed by atoms with van der Waals surface area (Å²) in [6.45, 7) is 1.23. The Balaban J connectivity index is 2.89. The van der Waals surface area contributed by atoms with Crippen molar-refractivity contribution in [1.82, 2.24) is 4.90 Å². The highest BCUT2D eigenvalue weighted by Crippen LogP contribution is 2.29. The van der Waals surface area contributed by atoms with Gasteiger partial charge in [0.05, 0.1) is 7.11 Å². The molecule has 0 radical (unpaired) electrons. The molecule has 0 bridgehead atoms. The number of nitrogens with zero attached hydrogens (tertiary/aromatic N) is 1. The fraction of sp³-hybridized carbons (Fsp3) is 0.625. The number of carbonyl (C=O) groups excluding carboxylic acids is 2. The number of carboxylic acids is 1. The van der Waals surface area contributed by atoms with Crippen molar-refractivity contribution < 1.29 is 24.2 Å². The molecule has 0 saturated carbocycles. The van der Waals surface area contributed by atoms with E-state index in [-0.39, 0.29) is 5.75 Å². The van der Waals surface area contributed by atoms with Crippen LogP contribution in [0.3, 0.4) is 0 Å². The van der Waals surface area contributed by atoms with Gasteiger partial charge in [0.25, 0.3) is 0 Å². The Morgan fingerprint density at radius 2 is 2.07 bits per heavy atom. The molecule has 1 aliphatic rings. The average Bonchev–Trinajstić information content (AvgIpc) is 2.60. The molecule has 84 valence electrons. The lowest BCUT2D eigenvalue weighted by atomic mass is 10.3. The van der Waals surface area contributed by atoms with E-state index in [4.69, 9.17) is 5.11 Å². The molecule has 0 aromatic rings. The van der Waals surface area contributed by atoms with E-state index in [2.05, 4.69) is 4.74 Å². The number of hydrogen-bond acceptors (Lipinski definition) is 5. The summed E-state index contributed by atoms with van der Waals surface area (Å²) in [4.78, 5) is 34.4. The number of esters is 1.